The van der Waals surface area contributed by atoms with E-state index in [0.29, 0.717) is 30.4 Å². The monoisotopic (exact) mass is 442 g/mol. The van der Waals surface area contributed by atoms with E-state index in [1.165, 1.54) is 5.56 Å². The smallest absolute Gasteiger partial charge is 0.257 e. The first kappa shape index (κ1) is 21.4. The molecule has 5 rings (SSSR count). The predicted molar refractivity (Wildman–Crippen MR) is 128 cm³/mol. The summed E-state index contributed by atoms with van der Waals surface area (Å²) in [5.74, 6) is -0.115. The van der Waals surface area contributed by atoms with E-state index >= 15 is 0 Å². The quantitative estimate of drug-likeness (QED) is 0.641. The number of para-hydroxylation sites is 1. The van der Waals surface area contributed by atoms with Crippen LogP contribution < -0.4 is 5.32 Å². The number of aryl methyl sites for hydroxylation is 2. The maximum absolute atomic E-state index is 13.7. The number of nitrogens with one attached hydrogen (secondary N) is 1. The van der Waals surface area contributed by atoms with E-state index in [1.807, 2.05) is 47.5 Å². The zero-order chi connectivity index (χ0) is 22.9. The van der Waals surface area contributed by atoms with Crippen LogP contribution in [-0.2, 0) is 4.79 Å². The van der Waals surface area contributed by atoms with Crippen molar-refractivity contribution < 1.29 is 9.59 Å². The van der Waals surface area contributed by atoms with Crippen molar-refractivity contribution in [3.8, 4) is 16.9 Å². The molecule has 2 aliphatic rings. The molecule has 1 N–H and O–H groups in total. The molecule has 1 aromatic heterocycles. The van der Waals surface area contributed by atoms with E-state index in [0.717, 1.165) is 42.5 Å². The number of rotatable bonds is 5. The summed E-state index contributed by atoms with van der Waals surface area (Å²) < 4.78 is 1.78. The molecule has 1 aliphatic heterocycles. The van der Waals surface area contributed by atoms with Crippen molar-refractivity contribution in [2.75, 3.05) is 13.1 Å². The van der Waals surface area contributed by atoms with E-state index in [1.54, 1.807) is 4.68 Å². The Labute approximate surface area is 194 Å². The minimum atomic E-state index is -0.141. The summed E-state index contributed by atoms with van der Waals surface area (Å²) >= 11 is 0. The van der Waals surface area contributed by atoms with Gasteiger partial charge < -0.3 is 10.2 Å². The van der Waals surface area contributed by atoms with Gasteiger partial charge >= 0.3 is 0 Å². The topological polar surface area (TPSA) is 67.2 Å². The zero-order valence-corrected chi connectivity index (χ0v) is 19.3. The third-order valence-corrected chi connectivity index (χ3v) is 6.75. The number of carbonyl (C=O) groups excluding carboxylic acids is 2. The highest BCUT2D eigenvalue weighted by atomic mass is 16.2. The minimum absolute atomic E-state index is 0.0608. The van der Waals surface area contributed by atoms with Gasteiger partial charge in [0.05, 0.1) is 17.2 Å². The van der Waals surface area contributed by atoms with Gasteiger partial charge in [-0.25, -0.2) is 4.68 Å². The highest BCUT2D eigenvalue weighted by Crippen LogP contribution is 2.29. The summed E-state index contributed by atoms with van der Waals surface area (Å²) in [6.07, 6.45) is 5.63. The first-order valence-corrected chi connectivity index (χ1v) is 11.8. The molecule has 2 heterocycles. The maximum atomic E-state index is 13.7. The number of hydrogen-bond donors (Lipinski definition) is 1. The Morgan fingerprint density at radius 1 is 1.00 bits per heavy atom. The Morgan fingerprint density at radius 2 is 1.79 bits per heavy atom. The number of hydrogen-bond acceptors (Lipinski definition) is 3. The largest absolute Gasteiger partial charge is 0.353 e. The fourth-order valence-corrected chi connectivity index (χ4v) is 4.44. The predicted octanol–water partition coefficient (Wildman–Crippen LogP) is 4.29. The summed E-state index contributed by atoms with van der Waals surface area (Å²) in [4.78, 5) is 28.2. The molecular weight excluding hydrogens is 412 g/mol. The van der Waals surface area contributed by atoms with Gasteiger partial charge in [-0.1, -0.05) is 30.3 Å². The molecule has 1 atom stereocenters. The average molecular weight is 443 g/mol. The van der Waals surface area contributed by atoms with Crippen molar-refractivity contribution in [1.29, 1.82) is 0 Å². The lowest BCUT2D eigenvalue weighted by molar-refractivity contribution is -0.126. The second-order valence-corrected chi connectivity index (χ2v) is 9.34. The third kappa shape index (κ3) is 4.56. The lowest BCUT2D eigenvalue weighted by atomic mass is 9.96. The van der Waals surface area contributed by atoms with Crippen LogP contribution in [-0.4, -0.2) is 45.6 Å². The van der Waals surface area contributed by atoms with Gasteiger partial charge in [-0.05, 0) is 68.9 Å². The molecule has 1 aliphatic carbocycles. The van der Waals surface area contributed by atoms with Gasteiger partial charge in [0.1, 0.15) is 5.69 Å². The molecule has 33 heavy (non-hydrogen) atoms. The summed E-state index contributed by atoms with van der Waals surface area (Å²) in [5.41, 5.74) is 5.45. The summed E-state index contributed by atoms with van der Waals surface area (Å²) in [6.45, 7) is 5.27. The molecule has 2 fully saturated rings. The normalized spacial score (nSPS) is 18.2. The van der Waals surface area contributed by atoms with Gasteiger partial charge in [0.15, 0.2) is 0 Å². The highest BCUT2D eigenvalue weighted by molar-refractivity contribution is 6.00. The number of piperidine rings is 1. The summed E-state index contributed by atoms with van der Waals surface area (Å²) in [5, 5.41) is 7.93. The molecule has 0 radical (unpaired) electrons. The van der Waals surface area contributed by atoms with Gasteiger partial charge in [0, 0.05) is 30.9 Å². The second kappa shape index (κ2) is 8.85. The molecule has 1 saturated carbocycles. The van der Waals surface area contributed by atoms with Crippen LogP contribution in [0.3, 0.4) is 0 Å². The fourth-order valence-electron chi connectivity index (χ4n) is 4.44. The van der Waals surface area contributed by atoms with E-state index in [9.17, 15) is 9.59 Å². The van der Waals surface area contributed by atoms with Crippen LogP contribution in [0.1, 0.15) is 47.2 Å². The van der Waals surface area contributed by atoms with E-state index in [4.69, 9.17) is 5.10 Å². The molecule has 2 amide bonds. The zero-order valence-electron chi connectivity index (χ0n) is 19.3. The van der Waals surface area contributed by atoms with Crippen molar-refractivity contribution in [2.24, 2.45) is 5.92 Å². The number of aromatic nitrogens is 2. The Balaban J connectivity index is 1.47. The molecule has 0 spiro atoms. The maximum Gasteiger partial charge on any atom is 0.257 e. The van der Waals surface area contributed by atoms with Crippen LogP contribution in [0, 0.1) is 19.8 Å². The number of amides is 2. The highest BCUT2D eigenvalue weighted by Gasteiger charge is 2.33. The minimum Gasteiger partial charge on any atom is -0.353 e. The van der Waals surface area contributed by atoms with Crippen LogP contribution >= 0.6 is 0 Å². The van der Waals surface area contributed by atoms with Gasteiger partial charge in [0.25, 0.3) is 5.91 Å². The fraction of sp³-hybridized carbons (Fsp3) is 0.370. The van der Waals surface area contributed by atoms with E-state index in [-0.39, 0.29) is 17.7 Å². The molecular formula is C27H30N4O2. The van der Waals surface area contributed by atoms with Gasteiger partial charge in [-0.3, -0.25) is 9.59 Å². The first-order valence-electron chi connectivity index (χ1n) is 11.8. The lowest BCUT2D eigenvalue weighted by Gasteiger charge is -2.32. The van der Waals surface area contributed by atoms with Crippen molar-refractivity contribution in [2.45, 2.75) is 45.6 Å². The SMILES string of the molecule is Cc1ccc(-c2nn(-c3ccccc3)cc2C(=O)N2CCCC(C(=O)NC3CC3)C2)cc1C. The van der Waals surface area contributed by atoms with Crippen LogP contribution in [0.2, 0.25) is 0 Å². The molecule has 6 nitrogen and oxygen atoms in total. The van der Waals surface area contributed by atoms with Crippen LogP contribution in [0.4, 0.5) is 0 Å². The lowest BCUT2D eigenvalue weighted by Crippen LogP contribution is -2.45. The molecule has 2 aromatic carbocycles. The van der Waals surface area contributed by atoms with Gasteiger partial charge in [0.2, 0.25) is 5.91 Å². The number of carbonyl (C=O) groups is 2. The standard InChI is InChI=1S/C27H30N4O2/c1-18-10-11-20(15-19(18)2)25-24(17-31(29-25)23-8-4-3-5-9-23)27(33)30-14-6-7-21(16-30)26(32)28-22-12-13-22/h3-5,8-11,15,17,21-22H,6-7,12-14,16H2,1-2H3,(H,28,32). The van der Waals surface area contributed by atoms with Crippen LogP contribution in [0.5, 0.6) is 0 Å². The Bertz CT molecular complexity index is 1180. The van der Waals surface area contributed by atoms with Crippen molar-refractivity contribution in [3.63, 3.8) is 0 Å². The Hall–Kier alpha value is -3.41. The molecule has 170 valence electrons. The van der Waals surface area contributed by atoms with Crippen molar-refractivity contribution in [1.82, 2.24) is 20.0 Å². The van der Waals surface area contributed by atoms with Crippen molar-refractivity contribution >= 4 is 11.8 Å². The van der Waals surface area contributed by atoms with Crippen molar-refractivity contribution in [3.05, 3.63) is 71.4 Å². The molecule has 0 bridgehead atoms. The third-order valence-electron chi connectivity index (χ3n) is 6.75. The first-order chi connectivity index (χ1) is 16.0. The number of likely N-dealkylation sites (tertiary alicyclic amines) is 1. The second-order valence-electron chi connectivity index (χ2n) is 9.34. The Kier molecular flexibility index (Phi) is 5.75. The Morgan fingerprint density at radius 3 is 2.52 bits per heavy atom. The van der Waals surface area contributed by atoms with E-state index in [2.05, 4.69) is 31.3 Å². The van der Waals surface area contributed by atoms with Gasteiger partial charge in [-0.15, -0.1) is 0 Å². The molecule has 1 unspecified atom stereocenters. The number of benzene rings is 2. The van der Waals surface area contributed by atoms with E-state index < -0.39 is 0 Å². The molecule has 1 saturated heterocycles. The summed E-state index contributed by atoms with van der Waals surface area (Å²) in [6, 6.07) is 16.4. The van der Waals surface area contributed by atoms with Gasteiger partial charge in [-0.2, -0.15) is 5.10 Å². The molecule has 6 heteroatoms. The summed E-state index contributed by atoms with van der Waals surface area (Å²) in [7, 11) is 0. The number of nitrogens with zero attached hydrogens (tertiary/aromatic N) is 3. The van der Waals surface area contributed by atoms with Crippen LogP contribution in [0.15, 0.2) is 54.7 Å². The average Bonchev–Trinajstić information content (AvgIpc) is 3.55. The van der Waals surface area contributed by atoms with Crippen LogP contribution in [0.25, 0.3) is 16.9 Å². The molecule has 3 aromatic rings.